The topological polar surface area (TPSA) is 94.3 Å². The molecule has 4 aromatic rings. The Morgan fingerprint density at radius 1 is 0.917 bits per heavy atom. The maximum Gasteiger partial charge on any atom is 0.214 e. The summed E-state index contributed by atoms with van der Waals surface area (Å²) in [5.74, 6) is 0.232. The van der Waals surface area contributed by atoms with E-state index in [4.69, 9.17) is 5.73 Å². The molecule has 118 valence electrons. The lowest BCUT2D eigenvalue weighted by atomic mass is 10.2. The van der Waals surface area contributed by atoms with Gasteiger partial charge in [0.25, 0.3) is 0 Å². The van der Waals surface area contributed by atoms with Gasteiger partial charge in [-0.05, 0) is 12.1 Å². The molecule has 0 saturated carbocycles. The number of nitrogens with zero attached hydrogens (tertiary/aromatic N) is 2. The highest BCUT2D eigenvalue weighted by molar-refractivity contribution is 5.99. The number of aliphatic imine (C=N–C) groups is 1. The van der Waals surface area contributed by atoms with E-state index >= 15 is 0 Å². The van der Waals surface area contributed by atoms with Crippen LogP contribution in [-0.2, 0) is 0 Å². The molecule has 0 aliphatic rings. The molecule has 0 atom stereocenters. The Hall–Kier alpha value is -3.54. The van der Waals surface area contributed by atoms with Crippen molar-refractivity contribution < 1.29 is 0 Å². The summed E-state index contributed by atoms with van der Waals surface area (Å²) >= 11 is 0. The maximum absolute atomic E-state index is 5.91. The molecule has 2 aromatic heterocycles. The lowest BCUT2D eigenvalue weighted by Gasteiger charge is -1.98. The molecule has 0 saturated heterocycles. The van der Waals surface area contributed by atoms with Crippen LogP contribution < -0.4 is 11.2 Å². The third-order valence-corrected chi connectivity index (χ3v) is 3.81. The molecule has 0 spiro atoms. The number of aromatic amines is 2. The minimum absolute atomic E-state index is 0.232. The summed E-state index contributed by atoms with van der Waals surface area (Å²) in [4.78, 5) is 10.7. The van der Waals surface area contributed by atoms with E-state index < -0.39 is 0 Å². The van der Waals surface area contributed by atoms with Crippen LogP contribution in [0, 0.1) is 0 Å². The Morgan fingerprint density at radius 2 is 1.58 bits per heavy atom. The van der Waals surface area contributed by atoms with Crippen molar-refractivity contribution in [1.82, 2.24) is 15.4 Å². The Labute approximate surface area is 138 Å². The van der Waals surface area contributed by atoms with Gasteiger partial charge in [-0.15, -0.1) is 0 Å². The smallest absolute Gasteiger partial charge is 0.214 e. The molecular formula is C18H16N6. The monoisotopic (exact) mass is 316 g/mol. The third-order valence-electron chi connectivity index (χ3n) is 3.81. The van der Waals surface area contributed by atoms with Crippen LogP contribution in [0.3, 0.4) is 0 Å². The van der Waals surface area contributed by atoms with Gasteiger partial charge in [0.2, 0.25) is 5.96 Å². The highest BCUT2D eigenvalue weighted by Gasteiger charge is 2.02. The number of hydrazone groups is 1. The molecule has 6 nitrogen and oxygen atoms in total. The molecule has 4 rings (SSSR count). The molecule has 5 N–H and O–H groups in total. The summed E-state index contributed by atoms with van der Waals surface area (Å²) in [7, 11) is 0. The van der Waals surface area contributed by atoms with Gasteiger partial charge < -0.3 is 15.7 Å². The number of fused-ring (bicyclic) bond motifs is 2. The van der Waals surface area contributed by atoms with E-state index in [2.05, 4.69) is 25.5 Å². The number of hydrogen-bond acceptors (Lipinski definition) is 2. The third kappa shape index (κ3) is 2.61. The zero-order valence-corrected chi connectivity index (χ0v) is 12.8. The summed E-state index contributed by atoms with van der Waals surface area (Å²) in [6, 6.07) is 16.0. The number of para-hydroxylation sites is 2. The first-order chi connectivity index (χ1) is 11.8. The Morgan fingerprint density at radius 3 is 2.42 bits per heavy atom. The lowest BCUT2D eigenvalue weighted by Crippen LogP contribution is -2.26. The van der Waals surface area contributed by atoms with Crippen LogP contribution in [0.5, 0.6) is 0 Å². The summed E-state index contributed by atoms with van der Waals surface area (Å²) in [5.41, 5.74) is 12.5. The van der Waals surface area contributed by atoms with Crippen molar-refractivity contribution >= 4 is 39.7 Å². The Kier molecular flexibility index (Phi) is 3.47. The maximum atomic E-state index is 5.91. The fourth-order valence-electron chi connectivity index (χ4n) is 2.67. The second kappa shape index (κ2) is 5.92. The first kappa shape index (κ1) is 14.1. The van der Waals surface area contributed by atoms with E-state index in [0.717, 1.165) is 33.1 Å². The number of aromatic nitrogens is 2. The summed E-state index contributed by atoms with van der Waals surface area (Å²) in [6.07, 6.45) is 5.45. The predicted octanol–water partition coefficient (Wildman–Crippen LogP) is 3.22. The second-order valence-electron chi connectivity index (χ2n) is 5.38. The largest absolute Gasteiger partial charge is 0.368 e. The fourth-order valence-corrected chi connectivity index (χ4v) is 2.67. The van der Waals surface area contributed by atoms with Crippen molar-refractivity contribution in [2.45, 2.75) is 0 Å². The lowest BCUT2D eigenvalue weighted by molar-refractivity contribution is 1.01. The highest BCUT2D eigenvalue weighted by Crippen LogP contribution is 2.24. The first-order valence-corrected chi connectivity index (χ1v) is 7.57. The van der Waals surface area contributed by atoms with Gasteiger partial charge in [-0.1, -0.05) is 36.4 Å². The van der Waals surface area contributed by atoms with E-state index in [0.29, 0.717) is 0 Å². The van der Waals surface area contributed by atoms with Crippen molar-refractivity contribution in [3.05, 3.63) is 66.5 Å². The first-order valence-electron chi connectivity index (χ1n) is 7.57. The van der Waals surface area contributed by atoms with Gasteiger partial charge in [-0.25, -0.2) is 10.4 Å². The number of nitrogens with two attached hydrogens (primary N) is 1. The second-order valence-corrected chi connectivity index (χ2v) is 5.38. The summed E-state index contributed by atoms with van der Waals surface area (Å²) in [6.45, 7) is 0. The van der Waals surface area contributed by atoms with E-state index in [9.17, 15) is 0 Å². The van der Waals surface area contributed by atoms with Crippen LogP contribution in [0.1, 0.15) is 5.56 Å². The molecule has 0 bridgehead atoms. The molecular weight excluding hydrogens is 300 g/mol. The van der Waals surface area contributed by atoms with Crippen molar-refractivity contribution in [2.75, 3.05) is 0 Å². The van der Waals surface area contributed by atoms with Crippen LogP contribution in [0.15, 0.2) is 71.0 Å². The van der Waals surface area contributed by atoms with E-state index in [-0.39, 0.29) is 5.96 Å². The van der Waals surface area contributed by atoms with Crippen LogP contribution in [0.25, 0.3) is 21.8 Å². The molecule has 0 unspecified atom stereocenters. The fraction of sp³-hybridized carbons (Fsp3) is 0. The molecule has 2 aromatic carbocycles. The minimum Gasteiger partial charge on any atom is -0.368 e. The average Bonchev–Trinajstić information content (AvgIpc) is 3.20. The standard InChI is InChI=1S/C18H16N6/c19-18(23-17-11-21-16-8-4-2-6-14(16)17)24-22-10-12-9-20-15-7-3-1-5-13(12)15/h1-11,20-21H,(H3,19,23,24)/b22-10+. The number of H-pyrrole nitrogens is 2. The molecule has 0 amide bonds. The van der Waals surface area contributed by atoms with Crippen molar-refractivity contribution in [3.8, 4) is 0 Å². The zero-order valence-electron chi connectivity index (χ0n) is 12.8. The number of guanidine groups is 1. The van der Waals surface area contributed by atoms with Crippen LogP contribution in [0.2, 0.25) is 0 Å². The van der Waals surface area contributed by atoms with Gasteiger partial charge in [0.1, 0.15) is 0 Å². The molecule has 6 heteroatoms. The zero-order chi connectivity index (χ0) is 16.4. The van der Waals surface area contributed by atoms with E-state index in [1.54, 1.807) is 6.21 Å². The van der Waals surface area contributed by atoms with Crippen LogP contribution >= 0.6 is 0 Å². The number of rotatable bonds is 3. The number of hydrogen-bond donors (Lipinski definition) is 4. The van der Waals surface area contributed by atoms with Crippen molar-refractivity contribution in [3.63, 3.8) is 0 Å². The molecule has 0 aliphatic heterocycles. The predicted molar refractivity (Wildman–Crippen MR) is 98.6 cm³/mol. The average molecular weight is 316 g/mol. The van der Waals surface area contributed by atoms with Gasteiger partial charge in [0.05, 0.1) is 11.9 Å². The van der Waals surface area contributed by atoms with Crippen molar-refractivity contribution in [1.29, 1.82) is 0 Å². The normalized spacial score (nSPS) is 12.4. The molecule has 0 aliphatic carbocycles. The van der Waals surface area contributed by atoms with Crippen molar-refractivity contribution in [2.24, 2.45) is 15.8 Å². The van der Waals surface area contributed by atoms with Gasteiger partial charge in [-0.3, -0.25) is 0 Å². The van der Waals surface area contributed by atoms with Gasteiger partial charge in [0, 0.05) is 39.8 Å². The molecule has 0 fully saturated rings. The Balaban J connectivity index is 1.52. The number of nitrogens with one attached hydrogen (secondary N) is 3. The number of benzene rings is 2. The molecule has 2 heterocycles. The van der Waals surface area contributed by atoms with Gasteiger partial charge in [-0.2, -0.15) is 5.10 Å². The molecule has 24 heavy (non-hydrogen) atoms. The summed E-state index contributed by atoms with van der Waals surface area (Å²) < 4.78 is 0. The van der Waals surface area contributed by atoms with Gasteiger partial charge >= 0.3 is 0 Å². The van der Waals surface area contributed by atoms with E-state index in [1.165, 1.54) is 0 Å². The Bertz CT molecular complexity index is 1050. The molecule has 0 radical (unpaired) electrons. The van der Waals surface area contributed by atoms with Gasteiger partial charge in [0.15, 0.2) is 0 Å². The quantitative estimate of drug-likeness (QED) is 0.265. The van der Waals surface area contributed by atoms with Crippen LogP contribution in [-0.4, -0.2) is 22.1 Å². The van der Waals surface area contributed by atoms with Crippen LogP contribution in [0.4, 0.5) is 5.69 Å². The SMILES string of the molecule is NC(=Nc1c[nH]c2ccccc12)N/N=C/c1c[nH]c2ccccc12. The minimum atomic E-state index is 0.232. The summed E-state index contributed by atoms with van der Waals surface area (Å²) in [5, 5.41) is 6.29. The highest BCUT2D eigenvalue weighted by atomic mass is 15.3. The van der Waals surface area contributed by atoms with E-state index in [1.807, 2.05) is 60.9 Å².